The van der Waals surface area contributed by atoms with Crippen molar-refractivity contribution >= 4 is 5.91 Å². The van der Waals surface area contributed by atoms with Crippen LogP contribution in [0.25, 0.3) is 0 Å². The SMILES string of the molecule is O=C(c1cccc(=O)[nH]1)N1CCCCCc2ccccc2OC[C@@H](O)[C@@H](O)CC1. The zero-order chi connectivity index (χ0) is 20.6. The third-order valence-corrected chi connectivity index (χ3v) is 5.18. The van der Waals surface area contributed by atoms with Gasteiger partial charge in [-0.3, -0.25) is 9.59 Å². The number of H-pyrrole nitrogens is 1. The van der Waals surface area contributed by atoms with E-state index in [0.29, 0.717) is 6.54 Å². The molecule has 2 aromatic rings. The van der Waals surface area contributed by atoms with Crippen molar-refractivity contribution in [1.29, 1.82) is 0 Å². The zero-order valence-corrected chi connectivity index (χ0v) is 16.4. The number of aromatic amines is 1. The summed E-state index contributed by atoms with van der Waals surface area (Å²) in [6, 6.07) is 12.2. The molecule has 2 atom stereocenters. The maximum Gasteiger partial charge on any atom is 0.270 e. The molecule has 1 amide bonds. The maximum absolute atomic E-state index is 12.8. The van der Waals surface area contributed by atoms with E-state index in [1.54, 1.807) is 17.0 Å². The van der Waals surface area contributed by atoms with Crippen molar-refractivity contribution in [2.24, 2.45) is 0 Å². The van der Waals surface area contributed by atoms with E-state index >= 15 is 0 Å². The summed E-state index contributed by atoms with van der Waals surface area (Å²) in [6.07, 6.45) is 1.69. The first-order valence-corrected chi connectivity index (χ1v) is 10.1. The number of pyridine rings is 1. The highest BCUT2D eigenvalue weighted by molar-refractivity contribution is 5.92. The number of aliphatic hydroxyl groups is 2. The summed E-state index contributed by atoms with van der Waals surface area (Å²) < 4.78 is 5.74. The molecule has 0 radical (unpaired) electrons. The average Bonchev–Trinajstić information content (AvgIpc) is 2.73. The van der Waals surface area contributed by atoms with Gasteiger partial charge in [-0.2, -0.15) is 0 Å². The van der Waals surface area contributed by atoms with Crippen LogP contribution in [0, 0.1) is 0 Å². The number of nitrogens with one attached hydrogen (secondary N) is 1. The molecule has 7 nitrogen and oxygen atoms in total. The Morgan fingerprint density at radius 2 is 1.83 bits per heavy atom. The van der Waals surface area contributed by atoms with Gasteiger partial charge in [-0.05, 0) is 43.4 Å². The molecule has 156 valence electrons. The lowest BCUT2D eigenvalue weighted by Crippen LogP contribution is -2.39. The molecular weight excluding hydrogens is 372 g/mol. The highest BCUT2D eigenvalue weighted by Crippen LogP contribution is 2.21. The summed E-state index contributed by atoms with van der Waals surface area (Å²) in [5.41, 5.74) is 0.969. The molecule has 7 heteroatoms. The summed E-state index contributed by atoms with van der Waals surface area (Å²) in [6.45, 7) is 0.791. The van der Waals surface area contributed by atoms with E-state index in [1.807, 2.05) is 24.3 Å². The molecule has 1 aromatic heterocycles. The molecule has 3 N–H and O–H groups in total. The predicted octanol–water partition coefficient (Wildman–Crippen LogP) is 1.73. The number of aliphatic hydroxyl groups excluding tert-OH is 2. The molecule has 0 fully saturated rings. The molecule has 0 aliphatic carbocycles. The number of hydrogen-bond acceptors (Lipinski definition) is 5. The topological polar surface area (TPSA) is 103 Å². The van der Waals surface area contributed by atoms with Crippen LogP contribution in [0.2, 0.25) is 0 Å². The minimum Gasteiger partial charge on any atom is -0.491 e. The van der Waals surface area contributed by atoms with Crippen molar-refractivity contribution < 1.29 is 19.7 Å². The average molecular weight is 400 g/mol. The Labute approximate surface area is 170 Å². The Morgan fingerprint density at radius 1 is 1.00 bits per heavy atom. The van der Waals surface area contributed by atoms with Gasteiger partial charge in [0, 0.05) is 19.2 Å². The minimum absolute atomic E-state index is 0.0157. The first-order chi connectivity index (χ1) is 14.0. The van der Waals surface area contributed by atoms with Gasteiger partial charge in [0.25, 0.3) is 5.91 Å². The van der Waals surface area contributed by atoms with E-state index in [4.69, 9.17) is 4.74 Å². The number of benzene rings is 1. The highest BCUT2D eigenvalue weighted by Gasteiger charge is 2.22. The number of ether oxygens (including phenoxy) is 1. The van der Waals surface area contributed by atoms with Crippen LogP contribution in [0.15, 0.2) is 47.3 Å². The van der Waals surface area contributed by atoms with E-state index in [-0.39, 0.29) is 36.7 Å². The fourth-order valence-electron chi connectivity index (χ4n) is 3.47. The number of carbonyl (C=O) groups excluding carboxylic acids is 1. The predicted molar refractivity (Wildman–Crippen MR) is 109 cm³/mol. The van der Waals surface area contributed by atoms with Gasteiger partial charge in [-0.1, -0.05) is 30.7 Å². The van der Waals surface area contributed by atoms with Crippen LogP contribution in [-0.2, 0) is 6.42 Å². The molecule has 1 aliphatic rings. The van der Waals surface area contributed by atoms with Crippen molar-refractivity contribution in [3.63, 3.8) is 0 Å². The maximum atomic E-state index is 12.8. The van der Waals surface area contributed by atoms with E-state index in [9.17, 15) is 19.8 Å². The molecule has 0 spiro atoms. The summed E-state index contributed by atoms with van der Waals surface area (Å²) in [4.78, 5) is 28.6. The monoisotopic (exact) mass is 400 g/mol. The second-order valence-electron chi connectivity index (χ2n) is 7.37. The first kappa shape index (κ1) is 21.1. The Bertz CT molecular complexity index is 866. The number of fused-ring (bicyclic) bond motifs is 1. The Kier molecular flexibility index (Phi) is 7.43. The zero-order valence-electron chi connectivity index (χ0n) is 16.4. The summed E-state index contributed by atoms with van der Waals surface area (Å²) in [5, 5.41) is 20.6. The number of amides is 1. The van der Waals surface area contributed by atoms with Crippen molar-refractivity contribution in [1.82, 2.24) is 9.88 Å². The van der Waals surface area contributed by atoms with Crippen LogP contribution >= 0.6 is 0 Å². The van der Waals surface area contributed by atoms with Crippen LogP contribution in [0.3, 0.4) is 0 Å². The largest absolute Gasteiger partial charge is 0.491 e. The van der Waals surface area contributed by atoms with Crippen molar-refractivity contribution in [2.45, 2.75) is 44.3 Å². The summed E-state index contributed by atoms with van der Waals surface area (Å²) in [7, 11) is 0. The molecule has 0 saturated heterocycles. The molecule has 0 saturated carbocycles. The Balaban J connectivity index is 1.72. The summed E-state index contributed by atoms with van der Waals surface area (Å²) >= 11 is 0. The first-order valence-electron chi connectivity index (χ1n) is 10.1. The van der Waals surface area contributed by atoms with Gasteiger partial charge in [-0.25, -0.2) is 0 Å². The molecule has 29 heavy (non-hydrogen) atoms. The van der Waals surface area contributed by atoms with E-state index in [2.05, 4.69) is 4.98 Å². The lowest BCUT2D eigenvalue weighted by Gasteiger charge is -2.26. The molecule has 1 aliphatic heterocycles. The van der Waals surface area contributed by atoms with E-state index in [0.717, 1.165) is 37.0 Å². The quantitative estimate of drug-likeness (QED) is 0.677. The van der Waals surface area contributed by atoms with Gasteiger partial charge in [0.15, 0.2) is 0 Å². The number of carbonyl (C=O) groups is 1. The van der Waals surface area contributed by atoms with Gasteiger partial charge in [0.1, 0.15) is 24.2 Å². The van der Waals surface area contributed by atoms with Gasteiger partial charge >= 0.3 is 0 Å². The van der Waals surface area contributed by atoms with Gasteiger partial charge in [0.2, 0.25) is 5.56 Å². The normalized spacial score (nSPS) is 21.5. The van der Waals surface area contributed by atoms with Crippen LogP contribution in [0.1, 0.15) is 41.7 Å². The molecular formula is C22H28N2O5. The highest BCUT2D eigenvalue weighted by atomic mass is 16.5. The molecule has 2 heterocycles. The Morgan fingerprint density at radius 3 is 2.66 bits per heavy atom. The lowest BCUT2D eigenvalue weighted by molar-refractivity contribution is -0.0153. The number of aromatic nitrogens is 1. The van der Waals surface area contributed by atoms with Gasteiger partial charge in [0.05, 0.1) is 6.10 Å². The number of rotatable bonds is 1. The second-order valence-corrected chi connectivity index (χ2v) is 7.37. The van der Waals surface area contributed by atoms with E-state index in [1.165, 1.54) is 6.07 Å². The summed E-state index contributed by atoms with van der Waals surface area (Å²) in [5.74, 6) is 0.457. The number of para-hydroxylation sites is 1. The number of hydrogen-bond donors (Lipinski definition) is 3. The third kappa shape index (κ3) is 5.92. The fraction of sp³-hybridized carbons (Fsp3) is 0.455. The molecule has 1 aromatic carbocycles. The number of aryl methyl sites for hydroxylation is 1. The smallest absolute Gasteiger partial charge is 0.270 e. The van der Waals surface area contributed by atoms with Crippen molar-refractivity contribution in [3.05, 3.63) is 64.1 Å². The van der Waals surface area contributed by atoms with Gasteiger partial charge < -0.3 is 24.8 Å². The lowest BCUT2D eigenvalue weighted by atomic mass is 10.0. The third-order valence-electron chi connectivity index (χ3n) is 5.18. The van der Waals surface area contributed by atoms with Crippen LogP contribution < -0.4 is 10.3 Å². The Hall–Kier alpha value is -2.64. The molecule has 0 unspecified atom stereocenters. The standard InChI is InChI=1S/C22H28N2O5/c25-18-12-14-24(22(28)17-9-6-11-21(27)23-17)13-5-1-2-7-16-8-3-4-10-20(16)29-15-19(18)26/h3-4,6,8-11,18-19,25-26H,1-2,5,7,12-15H2,(H,23,27)/t18-,19+/m0/s1. The van der Waals surface area contributed by atoms with Crippen LogP contribution in [-0.4, -0.2) is 57.9 Å². The molecule has 0 bridgehead atoms. The van der Waals surface area contributed by atoms with Crippen molar-refractivity contribution in [2.75, 3.05) is 19.7 Å². The number of nitrogens with zero attached hydrogens (tertiary/aromatic N) is 1. The fourth-order valence-corrected chi connectivity index (χ4v) is 3.47. The second kappa shape index (κ2) is 10.2. The van der Waals surface area contributed by atoms with Crippen molar-refractivity contribution in [3.8, 4) is 5.75 Å². The molecule has 3 rings (SSSR count). The van der Waals surface area contributed by atoms with E-state index < -0.39 is 12.2 Å². The van der Waals surface area contributed by atoms with Crippen LogP contribution in [0.4, 0.5) is 0 Å². The van der Waals surface area contributed by atoms with Gasteiger partial charge in [-0.15, -0.1) is 0 Å². The minimum atomic E-state index is -1.06. The van der Waals surface area contributed by atoms with Crippen LogP contribution in [0.5, 0.6) is 5.75 Å².